The number of nitrogens with one attached hydrogen (secondary N) is 2. The van der Waals surface area contributed by atoms with E-state index in [1.54, 1.807) is 11.0 Å². The van der Waals surface area contributed by atoms with Crippen LogP contribution in [0.4, 0.5) is 0 Å². The molecule has 2 aromatic heterocycles. The van der Waals surface area contributed by atoms with Crippen LogP contribution < -0.4 is 11.0 Å². The SMILES string of the molecule is COC(=O)C1CN(C(=O)c2noc([C@H](CCCC3CCCCC3)CC(=O)NO)n2)C1.O=C(C[C@@H](CCCC1CCCCC1)c1nc(C(=O)N2CC(C(=O)O)C2)no1)NO. The Balaban J connectivity index is 0.000000224. The number of carbonyl (C=O) groups excluding carboxylic acids is 5. The monoisotopic (exact) mass is 830 g/mol. The summed E-state index contributed by atoms with van der Waals surface area (Å²) in [6.45, 7) is 0.756. The van der Waals surface area contributed by atoms with Gasteiger partial charge in [-0.25, -0.2) is 11.0 Å². The molecule has 4 heterocycles. The van der Waals surface area contributed by atoms with Crippen molar-refractivity contribution in [2.75, 3.05) is 33.3 Å². The number of carboxylic acid groups (broad SMARTS) is 1. The lowest BCUT2D eigenvalue weighted by atomic mass is 9.84. The van der Waals surface area contributed by atoms with Crippen LogP contribution in [0.2, 0.25) is 0 Å². The molecule has 2 aliphatic carbocycles. The molecule has 59 heavy (non-hydrogen) atoms. The highest BCUT2D eigenvalue weighted by Gasteiger charge is 2.40. The van der Waals surface area contributed by atoms with Crippen LogP contribution >= 0.6 is 0 Å². The number of ether oxygens (including phenoxy) is 1. The van der Waals surface area contributed by atoms with E-state index in [9.17, 15) is 28.8 Å². The standard InChI is InChI=1S/C20H30N4O6.C19H28N4O6/c1-29-20(27)15-11-24(12-15)19(26)17-21-18(30-23-17)14(10-16(25)22-28)9-5-8-13-6-3-2-4-7-13;24-15(21-28)9-13(8-4-7-12-5-2-1-3-6-12)17-20-16(22-29-17)18(25)23-10-14(11-23)19(26)27/h13-15,28H,2-12H2,1H3,(H,22,25);12-14,28H,1-11H2,(H,21,24)(H,26,27)/t14-;13-/m11/s1. The second kappa shape index (κ2) is 22.4. The van der Waals surface area contributed by atoms with Crippen molar-refractivity contribution in [2.24, 2.45) is 23.7 Å². The second-order valence-corrected chi connectivity index (χ2v) is 16.3. The van der Waals surface area contributed by atoms with Gasteiger partial charge in [-0.05, 0) is 24.7 Å². The van der Waals surface area contributed by atoms with Gasteiger partial charge in [0.25, 0.3) is 23.5 Å². The summed E-state index contributed by atoms with van der Waals surface area (Å²) in [5.74, 6) is -3.29. The fourth-order valence-electron chi connectivity index (χ4n) is 8.44. The third kappa shape index (κ3) is 13.0. The number of rotatable bonds is 18. The number of carbonyl (C=O) groups is 6. The summed E-state index contributed by atoms with van der Waals surface area (Å²) in [4.78, 5) is 81.8. The van der Waals surface area contributed by atoms with E-state index in [2.05, 4.69) is 25.0 Å². The first-order valence-corrected chi connectivity index (χ1v) is 20.9. The van der Waals surface area contributed by atoms with Crippen molar-refractivity contribution in [3.63, 3.8) is 0 Å². The second-order valence-electron chi connectivity index (χ2n) is 16.3. The molecule has 5 N–H and O–H groups in total. The molecule has 2 saturated carbocycles. The molecular weight excluding hydrogens is 772 g/mol. The van der Waals surface area contributed by atoms with Gasteiger partial charge < -0.3 is 28.7 Å². The van der Waals surface area contributed by atoms with Crippen LogP contribution in [-0.2, 0) is 23.9 Å². The fraction of sp³-hybridized carbons (Fsp3) is 0.744. The van der Waals surface area contributed by atoms with Gasteiger partial charge in [0.1, 0.15) is 0 Å². The predicted molar refractivity (Wildman–Crippen MR) is 202 cm³/mol. The smallest absolute Gasteiger partial charge is 0.312 e. The summed E-state index contributed by atoms with van der Waals surface area (Å²) >= 11 is 0. The molecule has 4 aliphatic rings. The summed E-state index contributed by atoms with van der Waals surface area (Å²) in [5, 5.41) is 34.2. The molecule has 2 aliphatic heterocycles. The minimum absolute atomic E-state index is 0.00508. The van der Waals surface area contributed by atoms with Crippen LogP contribution in [0, 0.1) is 23.7 Å². The lowest BCUT2D eigenvalue weighted by Gasteiger charge is -2.36. The fourth-order valence-corrected chi connectivity index (χ4v) is 8.44. The molecule has 2 saturated heterocycles. The first kappa shape index (κ1) is 45.1. The van der Waals surface area contributed by atoms with Gasteiger partial charge in [-0.2, -0.15) is 9.97 Å². The number of methoxy groups -OCH3 is 1. The van der Waals surface area contributed by atoms with E-state index in [0.29, 0.717) is 18.8 Å². The average Bonchev–Trinajstić information content (AvgIpc) is 3.91. The largest absolute Gasteiger partial charge is 0.481 e. The van der Waals surface area contributed by atoms with Crippen molar-refractivity contribution < 1.29 is 58.1 Å². The highest BCUT2D eigenvalue weighted by molar-refractivity contribution is 5.93. The Morgan fingerprint density at radius 1 is 0.678 bits per heavy atom. The number of hydrogen-bond donors (Lipinski definition) is 5. The Morgan fingerprint density at radius 2 is 1.08 bits per heavy atom. The van der Waals surface area contributed by atoms with E-state index in [1.807, 2.05) is 0 Å². The molecule has 326 valence electrons. The first-order valence-electron chi connectivity index (χ1n) is 20.9. The highest BCUT2D eigenvalue weighted by atomic mass is 16.5. The maximum absolute atomic E-state index is 12.5. The maximum atomic E-state index is 12.5. The number of aromatic nitrogens is 4. The Kier molecular flexibility index (Phi) is 17.1. The first-order chi connectivity index (χ1) is 28.5. The topological polar surface area (TPSA) is 281 Å². The van der Waals surface area contributed by atoms with Crippen molar-refractivity contribution >= 4 is 35.6 Å². The Labute approximate surface area is 342 Å². The molecule has 20 nitrogen and oxygen atoms in total. The molecule has 0 spiro atoms. The van der Waals surface area contributed by atoms with Crippen LogP contribution in [0.15, 0.2) is 9.05 Å². The van der Waals surface area contributed by atoms with Gasteiger partial charge in [-0.3, -0.25) is 39.2 Å². The van der Waals surface area contributed by atoms with E-state index in [4.69, 9.17) is 24.6 Å². The van der Waals surface area contributed by atoms with Gasteiger partial charge in [-0.15, -0.1) is 0 Å². The molecule has 20 heteroatoms. The number of aliphatic carboxylic acids is 1. The van der Waals surface area contributed by atoms with Gasteiger partial charge in [0, 0.05) is 50.9 Å². The predicted octanol–water partition coefficient (Wildman–Crippen LogP) is 4.00. The molecule has 0 bridgehead atoms. The Hall–Kier alpha value is -4.98. The van der Waals surface area contributed by atoms with Crippen LogP contribution in [0.1, 0.15) is 160 Å². The van der Waals surface area contributed by atoms with Gasteiger partial charge in [0.05, 0.1) is 18.9 Å². The van der Waals surface area contributed by atoms with E-state index >= 15 is 0 Å². The van der Waals surface area contributed by atoms with Crippen LogP contribution in [0.3, 0.4) is 0 Å². The average molecular weight is 831 g/mol. The van der Waals surface area contributed by atoms with Crippen molar-refractivity contribution in [3.05, 3.63) is 23.4 Å². The molecule has 0 radical (unpaired) electrons. The number of amides is 4. The van der Waals surface area contributed by atoms with Crippen LogP contribution in [-0.4, -0.2) is 114 Å². The molecule has 4 amide bonds. The van der Waals surface area contributed by atoms with E-state index in [-0.39, 0.29) is 86.2 Å². The molecule has 0 aromatic carbocycles. The molecule has 2 atom stereocenters. The molecular formula is C39H58N8O12. The third-order valence-electron chi connectivity index (χ3n) is 12.1. The van der Waals surface area contributed by atoms with Gasteiger partial charge in [0.2, 0.25) is 23.6 Å². The molecule has 6 rings (SSSR count). The van der Waals surface area contributed by atoms with Gasteiger partial charge >= 0.3 is 11.9 Å². The summed E-state index contributed by atoms with van der Waals surface area (Å²) in [6, 6.07) is 0. The van der Waals surface area contributed by atoms with Gasteiger partial charge in [-0.1, -0.05) is 100 Å². The Morgan fingerprint density at radius 3 is 1.46 bits per heavy atom. The molecule has 4 fully saturated rings. The minimum atomic E-state index is -0.934. The maximum Gasteiger partial charge on any atom is 0.312 e. The zero-order chi connectivity index (χ0) is 42.3. The van der Waals surface area contributed by atoms with E-state index in [1.165, 1.54) is 81.1 Å². The normalized spacial score (nSPS) is 18.7. The summed E-state index contributed by atoms with van der Waals surface area (Å²) in [6.07, 6.45) is 18.0. The number of likely N-dealkylation sites (tertiary alicyclic amines) is 2. The van der Waals surface area contributed by atoms with E-state index in [0.717, 1.165) is 31.6 Å². The lowest BCUT2D eigenvalue weighted by molar-refractivity contribution is -0.150. The zero-order valence-corrected chi connectivity index (χ0v) is 33.7. The number of carboxylic acids is 1. The van der Waals surface area contributed by atoms with Crippen LogP contribution in [0.5, 0.6) is 0 Å². The van der Waals surface area contributed by atoms with Gasteiger partial charge in [0.15, 0.2) is 0 Å². The van der Waals surface area contributed by atoms with Crippen LogP contribution in [0.25, 0.3) is 0 Å². The van der Waals surface area contributed by atoms with E-state index < -0.39 is 35.5 Å². The number of hydrogen-bond acceptors (Lipinski definition) is 15. The summed E-state index contributed by atoms with van der Waals surface area (Å²) in [7, 11) is 1.31. The Bertz CT molecular complexity index is 1710. The van der Waals surface area contributed by atoms with Crippen molar-refractivity contribution in [1.29, 1.82) is 0 Å². The molecule has 0 unspecified atom stereocenters. The van der Waals surface area contributed by atoms with Crippen molar-refractivity contribution in [3.8, 4) is 0 Å². The third-order valence-corrected chi connectivity index (χ3v) is 12.1. The number of hydroxylamine groups is 2. The zero-order valence-electron chi connectivity index (χ0n) is 33.7. The highest BCUT2D eigenvalue weighted by Crippen LogP contribution is 2.33. The molecule has 2 aromatic rings. The van der Waals surface area contributed by atoms with Crippen molar-refractivity contribution in [2.45, 2.75) is 127 Å². The van der Waals surface area contributed by atoms with Crippen molar-refractivity contribution in [1.82, 2.24) is 41.0 Å². The quantitative estimate of drug-likeness (QED) is 0.0806. The summed E-state index contributed by atoms with van der Waals surface area (Å²) in [5.41, 5.74) is 3.27. The number of esters is 1. The minimum Gasteiger partial charge on any atom is -0.481 e. The number of nitrogens with zero attached hydrogens (tertiary/aromatic N) is 6. The summed E-state index contributed by atoms with van der Waals surface area (Å²) < 4.78 is 15.2. The lowest BCUT2D eigenvalue weighted by Crippen LogP contribution is -2.53.